The van der Waals surface area contributed by atoms with Crippen molar-refractivity contribution in [3.8, 4) is 0 Å². The molecule has 0 bridgehead atoms. The van der Waals surface area contributed by atoms with Crippen molar-refractivity contribution in [1.82, 2.24) is 5.32 Å². The van der Waals surface area contributed by atoms with Crippen molar-refractivity contribution in [2.45, 2.75) is 32.4 Å². The molecule has 1 aromatic rings. The minimum Gasteiger partial charge on any atom is -0.454 e. The summed E-state index contributed by atoms with van der Waals surface area (Å²) in [6.45, 7) is 5.04. The summed E-state index contributed by atoms with van der Waals surface area (Å²) >= 11 is 2.14. The molecule has 80 valence electrons. The number of hydrogen-bond acceptors (Lipinski definition) is 3. The van der Waals surface area contributed by atoms with Crippen molar-refractivity contribution >= 4 is 22.6 Å². The van der Waals surface area contributed by atoms with Crippen LogP contribution in [0.4, 0.5) is 0 Å². The average molecular weight is 309 g/mol. The molecule has 4 heteroatoms. The average Bonchev–Trinajstić information content (AvgIpc) is 2.48. The van der Waals surface area contributed by atoms with Crippen LogP contribution in [0.3, 0.4) is 0 Å². The van der Waals surface area contributed by atoms with E-state index in [0.29, 0.717) is 6.54 Å². The second-order valence-corrected chi connectivity index (χ2v) is 4.98. The predicted octanol–water partition coefficient (Wildman–Crippen LogP) is 2.13. The van der Waals surface area contributed by atoms with E-state index in [2.05, 4.69) is 41.8 Å². The van der Waals surface area contributed by atoms with E-state index in [1.165, 1.54) is 0 Å². The molecule has 2 N–H and O–H groups in total. The summed E-state index contributed by atoms with van der Waals surface area (Å²) in [7, 11) is 0. The fourth-order valence-electron chi connectivity index (χ4n) is 1.14. The van der Waals surface area contributed by atoms with Gasteiger partial charge in [-0.25, -0.2) is 0 Å². The standard InChI is InChI=1S/C10H16INO2/c1-10(2,5-6-13)12-7-8-3-4-9(11)14-8/h3-4,12-13H,5-7H2,1-2H3. The zero-order valence-corrected chi connectivity index (χ0v) is 10.7. The van der Waals surface area contributed by atoms with Crippen molar-refractivity contribution in [2.24, 2.45) is 0 Å². The van der Waals surface area contributed by atoms with Gasteiger partial charge in [-0.3, -0.25) is 0 Å². The van der Waals surface area contributed by atoms with Crippen LogP contribution < -0.4 is 5.32 Å². The molecule has 0 aromatic carbocycles. The van der Waals surface area contributed by atoms with Crippen LogP contribution in [0.1, 0.15) is 26.0 Å². The maximum absolute atomic E-state index is 8.84. The summed E-state index contributed by atoms with van der Waals surface area (Å²) in [5.74, 6) is 0.931. The quantitative estimate of drug-likeness (QED) is 0.819. The van der Waals surface area contributed by atoms with Crippen molar-refractivity contribution in [3.63, 3.8) is 0 Å². The highest BCUT2D eigenvalue weighted by molar-refractivity contribution is 14.1. The van der Waals surface area contributed by atoms with Crippen LogP contribution >= 0.6 is 22.6 Å². The number of halogens is 1. The minimum atomic E-state index is -0.0486. The molecular weight excluding hydrogens is 293 g/mol. The van der Waals surface area contributed by atoms with Gasteiger partial charge in [-0.05, 0) is 55.0 Å². The van der Waals surface area contributed by atoms with E-state index in [4.69, 9.17) is 9.52 Å². The summed E-state index contributed by atoms with van der Waals surface area (Å²) in [5, 5.41) is 12.2. The lowest BCUT2D eigenvalue weighted by molar-refractivity contribution is 0.227. The highest BCUT2D eigenvalue weighted by Gasteiger charge is 2.16. The molecule has 0 radical (unpaired) electrons. The predicted molar refractivity (Wildman–Crippen MR) is 64.0 cm³/mol. The van der Waals surface area contributed by atoms with Crippen LogP contribution in [0, 0.1) is 3.77 Å². The van der Waals surface area contributed by atoms with Gasteiger partial charge in [-0.1, -0.05) is 0 Å². The first kappa shape index (κ1) is 12.0. The molecule has 0 aliphatic carbocycles. The summed E-state index contributed by atoms with van der Waals surface area (Å²) in [6.07, 6.45) is 0.741. The minimum absolute atomic E-state index is 0.0486. The monoisotopic (exact) mass is 309 g/mol. The number of aliphatic hydroxyl groups excluding tert-OH is 1. The largest absolute Gasteiger partial charge is 0.454 e. The van der Waals surface area contributed by atoms with Crippen LogP contribution in [0.5, 0.6) is 0 Å². The maximum atomic E-state index is 8.84. The first-order valence-electron chi connectivity index (χ1n) is 4.63. The Balaban J connectivity index is 2.40. The van der Waals surface area contributed by atoms with E-state index >= 15 is 0 Å². The first-order valence-corrected chi connectivity index (χ1v) is 5.71. The Kier molecular flexibility index (Phi) is 4.40. The third-order valence-corrected chi connectivity index (χ3v) is 2.69. The summed E-state index contributed by atoms with van der Waals surface area (Å²) < 4.78 is 6.32. The molecule has 0 atom stereocenters. The van der Waals surface area contributed by atoms with Gasteiger partial charge < -0.3 is 14.8 Å². The third-order valence-electron chi connectivity index (χ3n) is 2.11. The molecule has 0 fully saturated rings. The Morgan fingerprint density at radius 1 is 1.50 bits per heavy atom. The number of furan rings is 1. The lowest BCUT2D eigenvalue weighted by atomic mass is 10.0. The molecule has 0 aliphatic rings. The zero-order valence-electron chi connectivity index (χ0n) is 8.51. The Morgan fingerprint density at radius 2 is 2.21 bits per heavy atom. The normalized spacial score (nSPS) is 12.0. The van der Waals surface area contributed by atoms with E-state index in [9.17, 15) is 0 Å². The van der Waals surface area contributed by atoms with Gasteiger partial charge in [0.2, 0.25) is 0 Å². The number of hydrogen-bond donors (Lipinski definition) is 2. The molecule has 1 rings (SSSR count). The van der Waals surface area contributed by atoms with Gasteiger partial charge in [0.1, 0.15) is 5.76 Å². The fourth-order valence-corrected chi connectivity index (χ4v) is 1.60. The third kappa shape index (κ3) is 3.98. The topological polar surface area (TPSA) is 45.4 Å². The Hall–Kier alpha value is -0.0700. The SMILES string of the molecule is CC(C)(CCO)NCc1ccc(I)o1. The molecule has 0 saturated carbocycles. The van der Waals surface area contributed by atoms with Crippen LogP contribution in [0.2, 0.25) is 0 Å². The summed E-state index contributed by atoms with van der Waals surface area (Å²) in [4.78, 5) is 0. The van der Waals surface area contributed by atoms with Crippen LogP contribution in [0.25, 0.3) is 0 Å². The highest BCUT2D eigenvalue weighted by Crippen LogP contribution is 2.12. The van der Waals surface area contributed by atoms with Gasteiger partial charge in [-0.2, -0.15) is 0 Å². The molecule has 0 aliphatic heterocycles. The summed E-state index contributed by atoms with van der Waals surface area (Å²) in [5.41, 5.74) is -0.0486. The Labute approximate surface area is 98.0 Å². The smallest absolute Gasteiger partial charge is 0.164 e. The molecule has 0 unspecified atom stereocenters. The zero-order chi connectivity index (χ0) is 10.6. The van der Waals surface area contributed by atoms with Crippen molar-refractivity contribution in [1.29, 1.82) is 0 Å². The van der Waals surface area contributed by atoms with Crippen LogP contribution in [-0.4, -0.2) is 17.3 Å². The van der Waals surface area contributed by atoms with Crippen molar-refractivity contribution in [2.75, 3.05) is 6.61 Å². The fraction of sp³-hybridized carbons (Fsp3) is 0.600. The van der Waals surface area contributed by atoms with Gasteiger partial charge in [0, 0.05) is 12.1 Å². The van der Waals surface area contributed by atoms with Gasteiger partial charge in [0.25, 0.3) is 0 Å². The highest BCUT2D eigenvalue weighted by atomic mass is 127. The first-order chi connectivity index (χ1) is 6.53. The lowest BCUT2D eigenvalue weighted by Gasteiger charge is -2.24. The van der Waals surface area contributed by atoms with E-state index in [-0.39, 0.29) is 12.1 Å². The number of nitrogens with one attached hydrogen (secondary N) is 1. The van der Waals surface area contributed by atoms with E-state index in [1.807, 2.05) is 12.1 Å². The van der Waals surface area contributed by atoms with Gasteiger partial charge in [-0.15, -0.1) is 0 Å². The molecule has 0 amide bonds. The molecule has 0 saturated heterocycles. The molecule has 14 heavy (non-hydrogen) atoms. The number of aliphatic hydroxyl groups is 1. The van der Waals surface area contributed by atoms with Crippen molar-refractivity contribution < 1.29 is 9.52 Å². The summed E-state index contributed by atoms with van der Waals surface area (Å²) in [6, 6.07) is 3.90. The van der Waals surface area contributed by atoms with Crippen LogP contribution in [-0.2, 0) is 6.54 Å². The van der Waals surface area contributed by atoms with Crippen molar-refractivity contribution in [3.05, 3.63) is 21.7 Å². The van der Waals surface area contributed by atoms with Gasteiger partial charge in [0.15, 0.2) is 3.77 Å². The molecule has 1 aromatic heterocycles. The molecule has 1 heterocycles. The molecular formula is C10H16INO2. The molecule has 3 nitrogen and oxygen atoms in total. The van der Waals surface area contributed by atoms with E-state index in [1.54, 1.807) is 0 Å². The molecule has 0 spiro atoms. The van der Waals surface area contributed by atoms with E-state index < -0.39 is 0 Å². The second-order valence-electron chi connectivity index (χ2n) is 3.92. The van der Waals surface area contributed by atoms with Gasteiger partial charge >= 0.3 is 0 Å². The van der Waals surface area contributed by atoms with E-state index in [0.717, 1.165) is 15.9 Å². The van der Waals surface area contributed by atoms with Gasteiger partial charge in [0.05, 0.1) is 6.54 Å². The lowest BCUT2D eigenvalue weighted by Crippen LogP contribution is -2.39. The number of rotatable bonds is 5. The maximum Gasteiger partial charge on any atom is 0.164 e. The second kappa shape index (κ2) is 5.14. The Morgan fingerprint density at radius 3 is 2.71 bits per heavy atom. The van der Waals surface area contributed by atoms with Crippen LogP contribution in [0.15, 0.2) is 16.5 Å². The Bertz CT molecular complexity index is 283.